The van der Waals surface area contributed by atoms with E-state index in [0.717, 1.165) is 24.6 Å². The van der Waals surface area contributed by atoms with Crippen LogP contribution < -0.4 is 10.6 Å². The van der Waals surface area contributed by atoms with Gasteiger partial charge >= 0.3 is 0 Å². The van der Waals surface area contributed by atoms with E-state index in [4.69, 9.17) is 5.73 Å². The van der Waals surface area contributed by atoms with Crippen LogP contribution in [0.5, 0.6) is 0 Å². The molecule has 0 aliphatic carbocycles. The maximum absolute atomic E-state index is 12.3. The number of anilines is 2. The molecular formula is C12H22N4OS. The first-order valence-corrected chi connectivity index (χ1v) is 7.13. The molecule has 0 saturated carbocycles. The lowest BCUT2D eigenvalue weighted by Gasteiger charge is -2.19. The molecule has 0 aromatic carbocycles. The molecule has 0 aliphatic heterocycles. The lowest BCUT2D eigenvalue weighted by Crippen LogP contribution is -2.31. The molecule has 6 heteroatoms. The van der Waals surface area contributed by atoms with Crippen molar-refractivity contribution in [1.82, 2.24) is 9.88 Å². The molecule has 0 saturated heterocycles. The van der Waals surface area contributed by atoms with E-state index in [1.807, 2.05) is 25.8 Å². The second-order valence-corrected chi connectivity index (χ2v) is 5.09. The largest absolute Gasteiger partial charge is 0.382 e. The zero-order valence-corrected chi connectivity index (χ0v) is 12.4. The number of rotatable bonds is 6. The average molecular weight is 270 g/mol. The van der Waals surface area contributed by atoms with Crippen LogP contribution >= 0.6 is 11.3 Å². The van der Waals surface area contributed by atoms with Gasteiger partial charge in [0.05, 0.1) is 0 Å². The van der Waals surface area contributed by atoms with Crippen LogP contribution in [-0.4, -0.2) is 42.5 Å². The minimum Gasteiger partial charge on any atom is -0.382 e. The van der Waals surface area contributed by atoms with Gasteiger partial charge in [0.15, 0.2) is 5.13 Å². The Bertz CT molecular complexity index is 405. The summed E-state index contributed by atoms with van der Waals surface area (Å²) in [5.41, 5.74) is 5.85. The van der Waals surface area contributed by atoms with Gasteiger partial charge in [-0.05, 0) is 20.3 Å². The normalized spacial score (nSPS) is 10.4. The number of hydrogen-bond donors (Lipinski definition) is 1. The zero-order valence-electron chi connectivity index (χ0n) is 11.6. The van der Waals surface area contributed by atoms with Crippen molar-refractivity contribution in [2.45, 2.75) is 27.2 Å². The number of thiazole rings is 1. The van der Waals surface area contributed by atoms with Crippen molar-refractivity contribution in [2.75, 3.05) is 37.3 Å². The topological polar surface area (TPSA) is 62.5 Å². The Morgan fingerprint density at radius 1 is 1.33 bits per heavy atom. The van der Waals surface area contributed by atoms with Gasteiger partial charge in [0, 0.05) is 26.7 Å². The predicted molar refractivity (Wildman–Crippen MR) is 77.3 cm³/mol. The van der Waals surface area contributed by atoms with Crippen LogP contribution in [0.2, 0.25) is 0 Å². The highest BCUT2D eigenvalue weighted by molar-refractivity contribution is 7.18. The first-order valence-electron chi connectivity index (χ1n) is 6.31. The van der Waals surface area contributed by atoms with E-state index in [1.165, 1.54) is 11.3 Å². The fourth-order valence-corrected chi connectivity index (χ4v) is 2.57. The van der Waals surface area contributed by atoms with Crippen LogP contribution in [0.15, 0.2) is 0 Å². The van der Waals surface area contributed by atoms with Crippen LogP contribution in [0, 0.1) is 0 Å². The zero-order chi connectivity index (χ0) is 13.7. The summed E-state index contributed by atoms with van der Waals surface area (Å²) in [6, 6.07) is 0. The van der Waals surface area contributed by atoms with Crippen LogP contribution in [0.1, 0.15) is 36.9 Å². The minimum absolute atomic E-state index is 0.00916. The van der Waals surface area contributed by atoms with Crippen molar-refractivity contribution in [3.05, 3.63) is 4.88 Å². The van der Waals surface area contributed by atoms with Crippen molar-refractivity contribution < 1.29 is 4.79 Å². The first-order chi connectivity index (χ1) is 8.54. The number of nitrogens with zero attached hydrogens (tertiary/aromatic N) is 3. The summed E-state index contributed by atoms with van der Waals surface area (Å²) in [4.78, 5) is 20.9. The number of carbonyl (C=O) groups is 1. The predicted octanol–water partition coefficient (Wildman–Crippen LogP) is 2.05. The Hall–Kier alpha value is -1.30. The van der Waals surface area contributed by atoms with Gasteiger partial charge in [0.1, 0.15) is 10.7 Å². The first kappa shape index (κ1) is 14.8. The Morgan fingerprint density at radius 3 is 2.50 bits per heavy atom. The molecule has 0 atom stereocenters. The molecule has 1 amide bonds. The van der Waals surface area contributed by atoms with E-state index in [2.05, 4.69) is 11.9 Å². The number of hydrogen-bond acceptors (Lipinski definition) is 5. The maximum atomic E-state index is 12.3. The second kappa shape index (κ2) is 6.58. The highest BCUT2D eigenvalue weighted by atomic mass is 32.1. The van der Waals surface area contributed by atoms with E-state index in [9.17, 15) is 4.79 Å². The third-order valence-electron chi connectivity index (χ3n) is 2.80. The average Bonchev–Trinajstić information content (AvgIpc) is 2.76. The minimum atomic E-state index is -0.00916. The Labute approximate surface area is 113 Å². The fourth-order valence-electron chi connectivity index (χ4n) is 1.59. The standard InChI is InChI=1S/C12H22N4OS/c1-5-8-16(7-3)11(17)9-10(13)14-12(18-9)15(4)6-2/h5-8,13H2,1-4H3. The number of carbonyl (C=O) groups excluding carboxylic acids is 1. The molecule has 0 spiro atoms. The van der Waals surface area contributed by atoms with Crippen molar-refractivity contribution in [3.8, 4) is 0 Å². The van der Waals surface area contributed by atoms with Gasteiger partial charge in [-0.3, -0.25) is 4.79 Å². The maximum Gasteiger partial charge on any atom is 0.267 e. The Morgan fingerprint density at radius 2 is 2.00 bits per heavy atom. The molecule has 102 valence electrons. The second-order valence-electron chi connectivity index (χ2n) is 4.11. The van der Waals surface area contributed by atoms with E-state index in [1.54, 1.807) is 4.90 Å². The van der Waals surface area contributed by atoms with Crippen molar-refractivity contribution in [1.29, 1.82) is 0 Å². The molecule has 18 heavy (non-hydrogen) atoms. The van der Waals surface area contributed by atoms with E-state index >= 15 is 0 Å². The summed E-state index contributed by atoms with van der Waals surface area (Å²) < 4.78 is 0. The third kappa shape index (κ3) is 3.13. The van der Waals surface area contributed by atoms with Crippen molar-refractivity contribution >= 4 is 28.2 Å². The van der Waals surface area contributed by atoms with E-state index in [-0.39, 0.29) is 5.91 Å². The van der Waals surface area contributed by atoms with Gasteiger partial charge in [-0.2, -0.15) is 0 Å². The number of amides is 1. The lowest BCUT2D eigenvalue weighted by atomic mass is 10.3. The van der Waals surface area contributed by atoms with Crippen molar-refractivity contribution in [3.63, 3.8) is 0 Å². The van der Waals surface area contributed by atoms with Crippen LogP contribution in [-0.2, 0) is 0 Å². The third-order valence-corrected chi connectivity index (χ3v) is 3.97. The summed E-state index contributed by atoms with van der Waals surface area (Å²) in [6.07, 6.45) is 0.944. The molecule has 0 aliphatic rings. The van der Waals surface area contributed by atoms with E-state index < -0.39 is 0 Å². The molecule has 1 aromatic rings. The summed E-state index contributed by atoms with van der Waals surface area (Å²) in [7, 11) is 1.94. The molecule has 0 fully saturated rings. The Kier molecular flexibility index (Phi) is 5.40. The van der Waals surface area contributed by atoms with Crippen LogP contribution in [0.3, 0.4) is 0 Å². The molecule has 0 radical (unpaired) electrons. The number of nitrogens with two attached hydrogens (primary N) is 1. The summed E-state index contributed by atoms with van der Waals surface area (Å²) in [5.74, 6) is 0.333. The van der Waals surface area contributed by atoms with Gasteiger partial charge in [0.2, 0.25) is 0 Å². The molecule has 1 heterocycles. The molecule has 2 N–H and O–H groups in total. The van der Waals surface area contributed by atoms with Crippen molar-refractivity contribution in [2.24, 2.45) is 0 Å². The van der Waals surface area contributed by atoms with Gasteiger partial charge in [0.25, 0.3) is 5.91 Å². The smallest absolute Gasteiger partial charge is 0.267 e. The fraction of sp³-hybridized carbons (Fsp3) is 0.667. The quantitative estimate of drug-likeness (QED) is 0.859. The molecule has 1 aromatic heterocycles. The highest BCUT2D eigenvalue weighted by Crippen LogP contribution is 2.28. The number of nitrogen functional groups attached to an aromatic ring is 1. The summed E-state index contributed by atoms with van der Waals surface area (Å²) >= 11 is 1.37. The number of aromatic nitrogens is 1. The van der Waals surface area contributed by atoms with Gasteiger partial charge in [-0.15, -0.1) is 0 Å². The summed E-state index contributed by atoms with van der Waals surface area (Å²) in [6.45, 7) is 8.36. The molecule has 0 bridgehead atoms. The lowest BCUT2D eigenvalue weighted by molar-refractivity contribution is 0.0770. The van der Waals surface area contributed by atoms with Gasteiger partial charge in [-0.1, -0.05) is 18.3 Å². The molecule has 5 nitrogen and oxygen atoms in total. The SMILES string of the molecule is CCCN(CC)C(=O)c1sc(N(C)CC)nc1N. The Balaban J connectivity index is 2.95. The van der Waals surface area contributed by atoms with Crippen LogP contribution in [0.4, 0.5) is 10.9 Å². The van der Waals surface area contributed by atoms with Crippen LogP contribution in [0.25, 0.3) is 0 Å². The molecule has 1 rings (SSSR count). The van der Waals surface area contributed by atoms with E-state index in [0.29, 0.717) is 17.2 Å². The van der Waals surface area contributed by atoms with Gasteiger partial charge < -0.3 is 15.5 Å². The monoisotopic (exact) mass is 270 g/mol. The summed E-state index contributed by atoms with van der Waals surface area (Å²) in [5, 5.41) is 0.797. The highest BCUT2D eigenvalue weighted by Gasteiger charge is 2.21. The molecule has 0 unspecified atom stereocenters. The van der Waals surface area contributed by atoms with Gasteiger partial charge in [-0.25, -0.2) is 4.98 Å². The molecular weight excluding hydrogens is 248 g/mol.